The molecule has 0 fully saturated rings. The summed E-state index contributed by atoms with van der Waals surface area (Å²) in [7, 11) is 0. The summed E-state index contributed by atoms with van der Waals surface area (Å²) in [5.74, 6) is 6.38. The normalized spacial score (nSPS) is 17.8. The molecular weight excluding hydrogens is 178 g/mol. The Morgan fingerprint density at radius 2 is 2.00 bits per heavy atom. The summed E-state index contributed by atoms with van der Waals surface area (Å²) >= 11 is 0. The third kappa shape index (κ3) is 2.30. The van der Waals surface area contributed by atoms with Crippen LogP contribution in [0.2, 0.25) is 0 Å². The van der Waals surface area contributed by atoms with Gasteiger partial charge in [-0.15, -0.1) is 5.12 Å². The first-order valence-corrected chi connectivity index (χ1v) is 5.28. The van der Waals surface area contributed by atoms with E-state index in [9.17, 15) is 0 Å². The van der Waals surface area contributed by atoms with Gasteiger partial charge in [-0.3, -0.25) is 0 Å². The molecule has 0 atom stereocenters. The molecule has 0 radical (unpaired) electrons. The van der Waals surface area contributed by atoms with E-state index >= 15 is 0 Å². The molecule has 0 amide bonds. The van der Waals surface area contributed by atoms with Crippen molar-refractivity contribution in [2.45, 2.75) is 39.5 Å². The van der Waals surface area contributed by atoms with Gasteiger partial charge in [-0.25, -0.2) is 11.0 Å². The summed E-state index contributed by atoms with van der Waals surface area (Å²) in [4.78, 5) is 0. The van der Waals surface area contributed by atoms with E-state index in [1.165, 1.54) is 18.0 Å². The van der Waals surface area contributed by atoms with Crippen molar-refractivity contribution < 1.29 is 0 Å². The van der Waals surface area contributed by atoms with Crippen molar-refractivity contribution in [1.82, 2.24) is 15.7 Å². The summed E-state index contributed by atoms with van der Waals surface area (Å²) in [6.45, 7) is 5.01. The van der Waals surface area contributed by atoms with E-state index in [1.54, 1.807) is 5.12 Å². The van der Waals surface area contributed by atoms with Crippen molar-refractivity contribution in [2.24, 2.45) is 11.6 Å². The molecule has 0 saturated carbocycles. The molecule has 0 aromatic heterocycles. The SMILES string of the molecule is CCCCCC1=C(N)N(N)N(CC)N1. The molecular formula is C9H21N5. The highest BCUT2D eigenvalue weighted by Gasteiger charge is 2.23. The number of nitrogens with zero attached hydrogens (tertiary/aromatic N) is 2. The van der Waals surface area contributed by atoms with E-state index in [2.05, 4.69) is 12.3 Å². The molecule has 0 unspecified atom stereocenters. The van der Waals surface area contributed by atoms with E-state index in [4.69, 9.17) is 11.6 Å². The zero-order valence-corrected chi connectivity index (χ0v) is 9.08. The van der Waals surface area contributed by atoms with E-state index in [0.717, 1.165) is 25.1 Å². The van der Waals surface area contributed by atoms with Gasteiger partial charge in [-0.1, -0.05) is 19.8 Å². The first-order valence-electron chi connectivity index (χ1n) is 5.28. The van der Waals surface area contributed by atoms with E-state index in [0.29, 0.717) is 5.82 Å². The number of hydrazine groups is 3. The Morgan fingerprint density at radius 3 is 2.50 bits per heavy atom. The van der Waals surface area contributed by atoms with Crippen molar-refractivity contribution in [3.63, 3.8) is 0 Å². The fraction of sp³-hybridized carbons (Fsp3) is 0.778. The van der Waals surface area contributed by atoms with Crippen molar-refractivity contribution in [3.05, 3.63) is 11.5 Å². The molecule has 1 heterocycles. The number of nitrogens with two attached hydrogens (primary N) is 2. The van der Waals surface area contributed by atoms with E-state index < -0.39 is 0 Å². The molecule has 5 N–H and O–H groups in total. The van der Waals surface area contributed by atoms with Gasteiger partial charge < -0.3 is 11.2 Å². The zero-order chi connectivity index (χ0) is 10.6. The third-order valence-electron chi connectivity index (χ3n) is 2.41. The molecule has 0 spiro atoms. The second-order valence-electron chi connectivity index (χ2n) is 3.49. The lowest BCUT2D eigenvalue weighted by molar-refractivity contribution is -0.00102. The first-order chi connectivity index (χ1) is 6.70. The molecule has 0 aromatic rings. The Bertz CT molecular complexity index is 213. The molecule has 0 bridgehead atoms. The molecule has 14 heavy (non-hydrogen) atoms. The lowest BCUT2D eigenvalue weighted by Crippen LogP contribution is -2.48. The Morgan fingerprint density at radius 1 is 1.29 bits per heavy atom. The van der Waals surface area contributed by atoms with Crippen LogP contribution in [0.3, 0.4) is 0 Å². The predicted molar refractivity (Wildman–Crippen MR) is 56.9 cm³/mol. The Balaban J connectivity index is 2.44. The van der Waals surface area contributed by atoms with Crippen LogP contribution in [0.5, 0.6) is 0 Å². The van der Waals surface area contributed by atoms with E-state index in [1.807, 2.05) is 6.92 Å². The average molecular weight is 199 g/mol. The van der Waals surface area contributed by atoms with Gasteiger partial charge in [0.1, 0.15) is 0 Å². The monoisotopic (exact) mass is 199 g/mol. The first kappa shape index (κ1) is 11.1. The fourth-order valence-electron chi connectivity index (χ4n) is 1.50. The van der Waals surface area contributed by atoms with Crippen molar-refractivity contribution >= 4 is 0 Å². The lowest BCUT2D eigenvalue weighted by Gasteiger charge is -2.23. The van der Waals surface area contributed by atoms with Gasteiger partial charge >= 0.3 is 0 Å². The maximum Gasteiger partial charge on any atom is 0.152 e. The minimum absolute atomic E-state index is 0.642. The van der Waals surface area contributed by atoms with Gasteiger partial charge in [0.05, 0.1) is 5.70 Å². The summed E-state index contributed by atoms with van der Waals surface area (Å²) in [6.07, 6.45) is 4.58. The minimum atomic E-state index is 0.642. The van der Waals surface area contributed by atoms with Crippen LogP contribution < -0.4 is 17.0 Å². The van der Waals surface area contributed by atoms with Gasteiger partial charge in [0.25, 0.3) is 0 Å². The van der Waals surface area contributed by atoms with Crippen molar-refractivity contribution in [1.29, 1.82) is 0 Å². The third-order valence-corrected chi connectivity index (χ3v) is 2.41. The second kappa shape index (κ2) is 5.07. The summed E-state index contributed by atoms with van der Waals surface area (Å²) < 4.78 is 0. The molecule has 0 saturated heterocycles. The average Bonchev–Trinajstić information content (AvgIpc) is 2.46. The fourth-order valence-corrected chi connectivity index (χ4v) is 1.50. The minimum Gasteiger partial charge on any atom is -0.382 e. The number of unbranched alkanes of at least 4 members (excludes halogenated alkanes) is 2. The van der Waals surface area contributed by atoms with Crippen LogP contribution in [0.15, 0.2) is 11.5 Å². The van der Waals surface area contributed by atoms with Crippen molar-refractivity contribution in [3.8, 4) is 0 Å². The van der Waals surface area contributed by atoms with Gasteiger partial charge in [0.2, 0.25) is 0 Å². The van der Waals surface area contributed by atoms with Gasteiger partial charge in [0, 0.05) is 6.54 Å². The van der Waals surface area contributed by atoms with Crippen LogP contribution in [-0.2, 0) is 0 Å². The summed E-state index contributed by atoms with van der Waals surface area (Å²) in [5.41, 5.74) is 10.1. The molecule has 5 heteroatoms. The van der Waals surface area contributed by atoms with Crippen LogP contribution in [-0.4, -0.2) is 16.8 Å². The topological polar surface area (TPSA) is 70.5 Å². The highest BCUT2D eigenvalue weighted by atomic mass is 15.9. The molecule has 1 aliphatic rings. The highest BCUT2D eigenvalue weighted by molar-refractivity contribution is 5.10. The van der Waals surface area contributed by atoms with Crippen LogP contribution in [0.4, 0.5) is 0 Å². The summed E-state index contributed by atoms with van der Waals surface area (Å²) in [5, 5.41) is 3.28. The smallest absolute Gasteiger partial charge is 0.152 e. The predicted octanol–water partition coefficient (Wildman–Crippen LogP) is 0.625. The number of nitrogens with one attached hydrogen (secondary N) is 1. The van der Waals surface area contributed by atoms with Crippen LogP contribution in [0, 0.1) is 0 Å². The van der Waals surface area contributed by atoms with Gasteiger partial charge in [-0.2, -0.15) is 0 Å². The Hall–Kier alpha value is -0.940. The Labute approximate surface area is 85.6 Å². The maximum atomic E-state index is 5.85. The number of hydrogen-bond acceptors (Lipinski definition) is 5. The number of hydrogen-bond donors (Lipinski definition) is 3. The van der Waals surface area contributed by atoms with Crippen LogP contribution in [0.1, 0.15) is 39.5 Å². The lowest BCUT2D eigenvalue weighted by atomic mass is 10.1. The number of allylic oxidation sites excluding steroid dienone is 1. The quantitative estimate of drug-likeness (QED) is 0.447. The molecule has 0 aromatic carbocycles. The molecule has 0 aliphatic carbocycles. The molecule has 82 valence electrons. The standard InChI is InChI=1S/C9H21N5/c1-3-5-6-7-8-9(10)14(11)13(4-2)12-8/h12H,3-7,10-11H2,1-2H3. The van der Waals surface area contributed by atoms with Crippen molar-refractivity contribution in [2.75, 3.05) is 6.54 Å². The second-order valence-corrected chi connectivity index (χ2v) is 3.49. The Kier molecular flexibility index (Phi) is 4.03. The van der Waals surface area contributed by atoms with Crippen LogP contribution in [0.25, 0.3) is 0 Å². The largest absolute Gasteiger partial charge is 0.382 e. The summed E-state index contributed by atoms with van der Waals surface area (Å²) in [6, 6.07) is 0. The zero-order valence-electron chi connectivity index (χ0n) is 9.08. The van der Waals surface area contributed by atoms with Gasteiger partial charge in [-0.05, 0) is 19.8 Å². The van der Waals surface area contributed by atoms with Gasteiger partial charge in [0.15, 0.2) is 5.82 Å². The van der Waals surface area contributed by atoms with E-state index in [-0.39, 0.29) is 0 Å². The molecule has 1 rings (SSSR count). The van der Waals surface area contributed by atoms with Crippen LogP contribution >= 0.6 is 0 Å². The molecule has 5 nitrogen and oxygen atoms in total. The molecule has 1 aliphatic heterocycles. The maximum absolute atomic E-state index is 5.85. The number of rotatable bonds is 5. The highest BCUT2D eigenvalue weighted by Crippen LogP contribution is 2.16.